The highest BCUT2D eigenvalue weighted by atomic mass is 32.2. The van der Waals surface area contributed by atoms with Crippen molar-refractivity contribution in [3.05, 3.63) is 29.8 Å². The van der Waals surface area contributed by atoms with Gasteiger partial charge in [0, 0.05) is 13.0 Å². The minimum absolute atomic E-state index is 0.0550. The van der Waals surface area contributed by atoms with Crippen molar-refractivity contribution in [1.82, 2.24) is 4.72 Å². The van der Waals surface area contributed by atoms with E-state index in [0.717, 1.165) is 18.2 Å². The van der Waals surface area contributed by atoms with Crippen LogP contribution in [0.25, 0.3) is 0 Å². The van der Waals surface area contributed by atoms with Gasteiger partial charge in [-0.25, -0.2) is 13.1 Å². The Kier molecular flexibility index (Phi) is 4.97. The molecule has 0 aliphatic rings. The van der Waals surface area contributed by atoms with Crippen LogP contribution >= 0.6 is 0 Å². The van der Waals surface area contributed by atoms with Crippen molar-refractivity contribution < 1.29 is 21.6 Å². The Labute approximate surface area is 109 Å². The highest BCUT2D eigenvalue weighted by Gasteiger charge is 2.31. The summed E-state index contributed by atoms with van der Waals surface area (Å²) in [5.74, 6) is 5.24. The third-order valence-corrected chi connectivity index (χ3v) is 3.65. The lowest BCUT2D eigenvalue weighted by atomic mass is 10.2. The first-order valence-electron chi connectivity index (χ1n) is 5.34. The Bertz CT molecular complexity index is 597. The lowest BCUT2D eigenvalue weighted by molar-refractivity contribution is -0.137. The second-order valence-corrected chi connectivity index (χ2v) is 5.37. The SMILES string of the molecule is CC#CCCNS(=O)(=O)c1cccc(C(F)(F)F)c1. The number of hydrogen-bond donors (Lipinski definition) is 1. The van der Waals surface area contributed by atoms with Gasteiger partial charge in [-0.1, -0.05) is 6.07 Å². The Morgan fingerprint density at radius 2 is 2.00 bits per heavy atom. The van der Waals surface area contributed by atoms with Crippen molar-refractivity contribution in [2.75, 3.05) is 6.54 Å². The van der Waals surface area contributed by atoms with E-state index < -0.39 is 26.7 Å². The Morgan fingerprint density at radius 3 is 2.58 bits per heavy atom. The lowest BCUT2D eigenvalue weighted by Gasteiger charge is -2.09. The molecule has 7 heteroatoms. The molecular weight excluding hydrogens is 279 g/mol. The molecule has 0 aliphatic carbocycles. The van der Waals surface area contributed by atoms with Gasteiger partial charge < -0.3 is 0 Å². The molecule has 0 saturated carbocycles. The van der Waals surface area contributed by atoms with Gasteiger partial charge in [-0.3, -0.25) is 0 Å². The topological polar surface area (TPSA) is 46.2 Å². The first-order chi connectivity index (χ1) is 8.77. The largest absolute Gasteiger partial charge is 0.416 e. The smallest absolute Gasteiger partial charge is 0.210 e. The molecule has 0 atom stereocenters. The van der Waals surface area contributed by atoms with E-state index in [0.29, 0.717) is 12.5 Å². The minimum Gasteiger partial charge on any atom is -0.210 e. The molecule has 0 aliphatic heterocycles. The van der Waals surface area contributed by atoms with E-state index in [2.05, 4.69) is 16.6 Å². The van der Waals surface area contributed by atoms with Crippen LogP contribution in [0.1, 0.15) is 18.9 Å². The van der Waals surface area contributed by atoms with Crippen molar-refractivity contribution in [2.45, 2.75) is 24.4 Å². The summed E-state index contributed by atoms with van der Waals surface area (Å²) in [5, 5.41) is 0. The van der Waals surface area contributed by atoms with Gasteiger partial charge in [0.15, 0.2) is 0 Å². The summed E-state index contributed by atoms with van der Waals surface area (Å²) in [6.45, 7) is 1.67. The summed E-state index contributed by atoms with van der Waals surface area (Å²) in [6, 6.07) is 3.60. The predicted octanol–water partition coefficient (Wildman–Crippen LogP) is 2.40. The van der Waals surface area contributed by atoms with Gasteiger partial charge in [-0.05, 0) is 25.1 Å². The molecule has 0 fully saturated rings. The first-order valence-corrected chi connectivity index (χ1v) is 6.82. The summed E-state index contributed by atoms with van der Waals surface area (Å²) in [7, 11) is -3.94. The van der Waals surface area contributed by atoms with Crippen LogP contribution in [0.5, 0.6) is 0 Å². The summed E-state index contributed by atoms with van der Waals surface area (Å²) >= 11 is 0. The van der Waals surface area contributed by atoms with Gasteiger partial charge in [0.2, 0.25) is 10.0 Å². The monoisotopic (exact) mass is 291 g/mol. The van der Waals surface area contributed by atoms with Crippen molar-refractivity contribution in [3.8, 4) is 11.8 Å². The number of alkyl halides is 3. The second kappa shape index (κ2) is 6.08. The average Bonchev–Trinajstić information content (AvgIpc) is 2.34. The van der Waals surface area contributed by atoms with Gasteiger partial charge in [0.05, 0.1) is 10.5 Å². The van der Waals surface area contributed by atoms with E-state index in [1.165, 1.54) is 0 Å². The first kappa shape index (κ1) is 15.5. The van der Waals surface area contributed by atoms with Gasteiger partial charge in [0.25, 0.3) is 0 Å². The van der Waals surface area contributed by atoms with Crippen LogP contribution in [-0.4, -0.2) is 15.0 Å². The second-order valence-electron chi connectivity index (χ2n) is 3.60. The molecule has 0 aromatic heterocycles. The summed E-state index contributed by atoms with van der Waals surface area (Å²) < 4.78 is 63.1. The molecule has 0 saturated heterocycles. The van der Waals surface area contributed by atoms with Crippen LogP contribution in [0, 0.1) is 11.8 Å². The average molecular weight is 291 g/mol. The van der Waals surface area contributed by atoms with E-state index in [1.54, 1.807) is 6.92 Å². The van der Waals surface area contributed by atoms with Crippen molar-refractivity contribution in [3.63, 3.8) is 0 Å². The quantitative estimate of drug-likeness (QED) is 0.684. The normalized spacial score (nSPS) is 11.8. The Morgan fingerprint density at radius 1 is 1.32 bits per heavy atom. The summed E-state index contributed by atoms with van der Waals surface area (Å²) in [4.78, 5) is -0.410. The molecule has 1 aromatic rings. The van der Waals surface area contributed by atoms with Crippen LogP contribution in [0.2, 0.25) is 0 Å². The zero-order chi connectivity index (χ0) is 14.5. The predicted molar refractivity (Wildman–Crippen MR) is 64.7 cm³/mol. The molecule has 1 aromatic carbocycles. The third kappa shape index (κ3) is 4.58. The number of nitrogens with one attached hydrogen (secondary N) is 1. The Balaban J connectivity index is 2.92. The van der Waals surface area contributed by atoms with Crippen LogP contribution in [-0.2, 0) is 16.2 Å². The van der Waals surface area contributed by atoms with Gasteiger partial charge in [-0.2, -0.15) is 13.2 Å². The Hall–Kier alpha value is -1.52. The number of benzene rings is 1. The zero-order valence-corrected chi connectivity index (χ0v) is 10.9. The molecule has 1 rings (SSSR count). The highest BCUT2D eigenvalue weighted by Crippen LogP contribution is 2.30. The van der Waals surface area contributed by atoms with Gasteiger partial charge in [0.1, 0.15) is 0 Å². The fourth-order valence-corrected chi connectivity index (χ4v) is 2.37. The number of sulfonamides is 1. The van der Waals surface area contributed by atoms with Crippen molar-refractivity contribution in [2.24, 2.45) is 0 Å². The molecule has 1 N–H and O–H groups in total. The summed E-state index contributed by atoms with van der Waals surface area (Å²) in [6.07, 6.45) is -4.27. The molecule has 19 heavy (non-hydrogen) atoms. The van der Waals surface area contributed by atoms with E-state index in [1.807, 2.05) is 0 Å². The van der Waals surface area contributed by atoms with Crippen LogP contribution in [0.15, 0.2) is 29.2 Å². The third-order valence-electron chi connectivity index (χ3n) is 2.19. The maximum Gasteiger partial charge on any atom is 0.416 e. The molecule has 0 bridgehead atoms. The molecule has 0 spiro atoms. The lowest BCUT2D eigenvalue weighted by Crippen LogP contribution is -2.25. The number of halogens is 3. The fraction of sp³-hybridized carbons (Fsp3) is 0.333. The van der Waals surface area contributed by atoms with E-state index in [4.69, 9.17) is 0 Å². The van der Waals surface area contributed by atoms with E-state index in [-0.39, 0.29) is 6.54 Å². The van der Waals surface area contributed by atoms with E-state index in [9.17, 15) is 21.6 Å². The van der Waals surface area contributed by atoms with Crippen molar-refractivity contribution in [1.29, 1.82) is 0 Å². The maximum absolute atomic E-state index is 12.5. The van der Waals surface area contributed by atoms with Crippen LogP contribution < -0.4 is 4.72 Å². The minimum atomic E-state index is -4.57. The van der Waals surface area contributed by atoms with Crippen LogP contribution in [0.4, 0.5) is 13.2 Å². The fourth-order valence-electron chi connectivity index (χ4n) is 1.30. The standard InChI is InChI=1S/C12H12F3NO2S/c1-2-3-4-8-16-19(17,18)11-7-5-6-10(9-11)12(13,14)15/h5-7,9,16H,4,8H2,1H3. The molecule has 0 heterocycles. The molecule has 0 radical (unpaired) electrons. The number of hydrogen-bond acceptors (Lipinski definition) is 2. The maximum atomic E-state index is 12.5. The zero-order valence-electron chi connectivity index (χ0n) is 10.1. The molecule has 104 valence electrons. The molecule has 3 nitrogen and oxygen atoms in total. The number of rotatable bonds is 4. The molecule has 0 amide bonds. The highest BCUT2D eigenvalue weighted by molar-refractivity contribution is 7.89. The molecular formula is C12H12F3NO2S. The van der Waals surface area contributed by atoms with Crippen molar-refractivity contribution >= 4 is 10.0 Å². The summed E-state index contributed by atoms with van der Waals surface area (Å²) in [5.41, 5.74) is -0.997. The molecule has 0 unspecified atom stereocenters. The van der Waals surface area contributed by atoms with Gasteiger partial charge in [-0.15, -0.1) is 11.8 Å². The van der Waals surface area contributed by atoms with Crippen LogP contribution in [0.3, 0.4) is 0 Å². The van der Waals surface area contributed by atoms with E-state index >= 15 is 0 Å². The van der Waals surface area contributed by atoms with Gasteiger partial charge >= 0.3 is 6.18 Å².